The van der Waals surface area contributed by atoms with E-state index in [2.05, 4.69) is 0 Å². The number of hydrogen-bond donors (Lipinski definition) is 1. The lowest BCUT2D eigenvalue weighted by Crippen LogP contribution is -2.00. The van der Waals surface area contributed by atoms with Crippen molar-refractivity contribution in [2.75, 3.05) is 18.1 Å². The zero-order chi connectivity index (χ0) is 11.9. The van der Waals surface area contributed by atoms with Crippen LogP contribution in [0.25, 0.3) is 0 Å². The minimum atomic E-state index is 0.690. The normalized spacial score (nSPS) is 10.4. The van der Waals surface area contributed by atoms with Gasteiger partial charge in [-0.1, -0.05) is 0 Å². The summed E-state index contributed by atoms with van der Waals surface area (Å²) in [5.41, 5.74) is 6.34. The molecule has 0 amide bonds. The predicted octanol–water partition coefficient (Wildman–Crippen LogP) is 3.17. The molecule has 0 aliphatic heterocycles. The molecule has 4 heteroatoms. The van der Waals surface area contributed by atoms with Gasteiger partial charge in [-0.2, -0.15) is 11.8 Å². The van der Waals surface area contributed by atoms with E-state index in [9.17, 15) is 0 Å². The zero-order valence-corrected chi connectivity index (χ0v) is 10.3. The van der Waals surface area contributed by atoms with Gasteiger partial charge in [0.2, 0.25) is 0 Å². The van der Waals surface area contributed by atoms with E-state index in [-0.39, 0.29) is 0 Å². The van der Waals surface area contributed by atoms with Gasteiger partial charge in [0.25, 0.3) is 0 Å². The van der Waals surface area contributed by atoms with Crippen molar-refractivity contribution in [2.24, 2.45) is 0 Å². The van der Waals surface area contributed by atoms with E-state index >= 15 is 0 Å². The number of nitrogens with two attached hydrogens (primary N) is 1. The molecule has 0 fully saturated rings. The highest BCUT2D eigenvalue weighted by Gasteiger charge is 1.97. The molecule has 0 radical (unpaired) electrons. The van der Waals surface area contributed by atoms with Crippen molar-refractivity contribution >= 4 is 17.4 Å². The van der Waals surface area contributed by atoms with Gasteiger partial charge in [-0.3, -0.25) is 0 Å². The van der Waals surface area contributed by atoms with Crippen molar-refractivity contribution in [3.63, 3.8) is 0 Å². The summed E-state index contributed by atoms with van der Waals surface area (Å²) in [6.45, 7) is 0.690. The molecule has 0 aliphatic carbocycles. The van der Waals surface area contributed by atoms with Crippen LogP contribution < -0.4 is 10.5 Å². The first-order valence-corrected chi connectivity index (χ1v) is 6.58. The Morgan fingerprint density at radius 2 is 2.00 bits per heavy atom. The van der Waals surface area contributed by atoms with Crippen molar-refractivity contribution in [2.45, 2.75) is 5.75 Å². The van der Waals surface area contributed by atoms with Gasteiger partial charge < -0.3 is 14.9 Å². The highest BCUT2D eigenvalue weighted by Crippen LogP contribution is 2.15. The fourth-order valence-electron chi connectivity index (χ4n) is 1.35. The van der Waals surface area contributed by atoms with Gasteiger partial charge in [-0.15, -0.1) is 0 Å². The summed E-state index contributed by atoms with van der Waals surface area (Å²) in [5.74, 6) is 3.68. The molecule has 0 aliphatic rings. The van der Waals surface area contributed by atoms with Gasteiger partial charge in [0.05, 0.1) is 18.6 Å². The van der Waals surface area contributed by atoms with Crippen LogP contribution in [0.15, 0.2) is 47.1 Å². The standard InChI is InChI=1S/C13H15NO2S/c14-11-3-5-12(6-4-11)16-8-9-17-10-13-2-1-7-15-13/h1-7H,8-10,14H2. The summed E-state index contributed by atoms with van der Waals surface area (Å²) in [7, 11) is 0. The van der Waals surface area contributed by atoms with E-state index in [1.807, 2.05) is 36.4 Å². The molecule has 2 N–H and O–H groups in total. The van der Waals surface area contributed by atoms with E-state index in [4.69, 9.17) is 14.9 Å². The minimum Gasteiger partial charge on any atom is -0.493 e. The molecule has 17 heavy (non-hydrogen) atoms. The van der Waals surface area contributed by atoms with Crippen molar-refractivity contribution in [1.29, 1.82) is 0 Å². The van der Waals surface area contributed by atoms with Gasteiger partial charge in [0, 0.05) is 11.4 Å². The second kappa shape index (κ2) is 6.25. The number of anilines is 1. The molecule has 0 atom stereocenters. The van der Waals surface area contributed by atoms with Gasteiger partial charge >= 0.3 is 0 Å². The average molecular weight is 249 g/mol. The van der Waals surface area contributed by atoms with Crippen LogP contribution >= 0.6 is 11.8 Å². The van der Waals surface area contributed by atoms with Crippen LogP contribution in [-0.4, -0.2) is 12.4 Å². The van der Waals surface area contributed by atoms with Crippen LogP contribution in [0.2, 0.25) is 0 Å². The Hall–Kier alpha value is -1.55. The number of benzene rings is 1. The van der Waals surface area contributed by atoms with E-state index in [0.29, 0.717) is 6.61 Å². The molecule has 0 spiro atoms. The molecular formula is C13H15NO2S. The number of ether oxygens (including phenoxy) is 1. The first-order valence-electron chi connectivity index (χ1n) is 5.43. The molecule has 0 saturated heterocycles. The highest BCUT2D eigenvalue weighted by atomic mass is 32.2. The minimum absolute atomic E-state index is 0.690. The highest BCUT2D eigenvalue weighted by molar-refractivity contribution is 7.98. The molecule has 1 aromatic heterocycles. The Labute approximate surface area is 105 Å². The van der Waals surface area contributed by atoms with Crippen LogP contribution in [-0.2, 0) is 5.75 Å². The van der Waals surface area contributed by atoms with Gasteiger partial charge in [-0.05, 0) is 36.4 Å². The van der Waals surface area contributed by atoms with Crippen molar-refractivity contribution in [1.82, 2.24) is 0 Å². The summed E-state index contributed by atoms with van der Waals surface area (Å²) in [5, 5.41) is 0. The lowest BCUT2D eigenvalue weighted by atomic mass is 10.3. The second-order valence-corrected chi connectivity index (χ2v) is 4.65. The summed E-state index contributed by atoms with van der Waals surface area (Å²) in [6, 6.07) is 11.3. The molecule has 2 aromatic rings. The third-order valence-electron chi connectivity index (χ3n) is 2.20. The number of thioether (sulfide) groups is 1. The maximum Gasteiger partial charge on any atom is 0.119 e. The molecule has 2 rings (SSSR count). The molecule has 1 aromatic carbocycles. The average Bonchev–Trinajstić information content (AvgIpc) is 2.84. The lowest BCUT2D eigenvalue weighted by Gasteiger charge is -2.05. The molecule has 3 nitrogen and oxygen atoms in total. The third-order valence-corrected chi connectivity index (χ3v) is 3.14. The smallest absolute Gasteiger partial charge is 0.119 e. The first-order chi connectivity index (χ1) is 8.34. The summed E-state index contributed by atoms with van der Waals surface area (Å²) < 4.78 is 10.8. The maximum absolute atomic E-state index is 5.59. The Kier molecular flexibility index (Phi) is 4.38. The molecule has 0 saturated carbocycles. The van der Waals surface area contributed by atoms with Crippen LogP contribution in [0, 0.1) is 0 Å². The second-order valence-electron chi connectivity index (χ2n) is 3.55. The van der Waals surface area contributed by atoms with Crippen LogP contribution in [0.5, 0.6) is 5.75 Å². The Morgan fingerprint density at radius 3 is 2.71 bits per heavy atom. The fraction of sp³-hybridized carbons (Fsp3) is 0.231. The van der Waals surface area contributed by atoms with Crippen molar-refractivity contribution in [3.8, 4) is 5.75 Å². The number of furan rings is 1. The largest absolute Gasteiger partial charge is 0.493 e. The van der Waals surface area contributed by atoms with Crippen molar-refractivity contribution < 1.29 is 9.15 Å². The number of hydrogen-bond acceptors (Lipinski definition) is 4. The number of rotatable bonds is 6. The maximum atomic E-state index is 5.59. The van der Waals surface area contributed by atoms with Gasteiger partial charge in [0.1, 0.15) is 11.5 Å². The Balaban J connectivity index is 1.61. The lowest BCUT2D eigenvalue weighted by molar-refractivity contribution is 0.344. The van der Waals surface area contributed by atoms with Crippen LogP contribution in [0.1, 0.15) is 5.76 Å². The van der Waals surface area contributed by atoms with Gasteiger partial charge in [0.15, 0.2) is 0 Å². The Bertz CT molecular complexity index is 425. The molecule has 0 bridgehead atoms. The first kappa shape index (κ1) is 11.9. The zero-order valence-electron chi connectivity index (χ0n) is 9.46. The van der Waals surface area contributed by atoms with Crippen molar-refractivity contribution in [3.05, 3.63) is 48.4 Å². The van der Waals surface area contributed by atoms with Crippen LogP contribution in [0.3, 0.4) is 0 Å². The monoisotopic (exact) mass is 249 g/mol. The van der Waals surface area contributed by atoms with E-state index in [1.54, 1.807) is 18.0 Å². The third kappa shape index (κ3) is 4.07. The SMILES string of the molecule is Nc1ccc(OCCSCc2ccco2)cc1. The molecule has 0 unspecified atom stereocenters. The fourth-order valence-corrected chi connectivity index (χ4v) is 2.06. The Morgan fingerprint density at radius 1 is 1.18 bits per heavy atom. The summed E-state index contributed by atoms with van der Waals surface area (Å²) in [4.78, 5) is 0. The van der Waals surface area contributed by atoms with E-state index in [0.717, 1.165) is 28.7 Å². The van der Waals surface area contributed by atoms with E-state index < -0.39 is 0 Å². The predicted molar refractivity (Wildman–Crippen MR) is 71.2 cm³/mol. The summed E-state index contributed by atoms with van der Waals surface area (Å²) >= 11 is 1.79. The summed E-state index contributed by atoms with van der Waals surface area (Å²) in [6.07, 6.45) is 1.70. The quantitative estimate of drug-likeness (QED) is 0.631. The van der Waals surface area contributed by atoms with E-state index in [1.165, 1.54) is 0 Å². The number of nitrogen functional groups attached to an aromatic ring is 1. The van der Waals surface area contributed by atoms with Crippen LogP contribution in [0.4, 0.5) is 5.69 Å². The molecule has 90 valence electrons. The van der Waals surface area contributed by atoms with Gasteiger partial charge in [-0.25, -0.2) is 0 Å². The molecular weight excluding hydrogens is 234 g/mol. The molecule has 1 heterocycles. The topological polar surface area (TPSA) is 48.4 Å².